The minimum absolute atomic E-state index is 0.385. The number of rotatable bonds is 3. The number of hydrogen-bond acceptors (Lipinski definition) is 4. The Kier molecular flexibility index (Phi) is 6.22. The molecule has 1 atom stereocenters. The first-order valence-electron chi connectivity index (χ1n) is 4.29. The van der Waals surface area contributed by atoms with Crippen LogP contribution in [0.15, 0.2) is 30.3 Å². The number of carboxylic acids is 1. The molecule has 7 heteroatoms. The van der Waals surface area contributed by atoms with Crippen molar-refractivity contribution < 1.29 is 20.2 Å². The van der Waals surface area contributed by atoms with E-state index in [0.29, 0.717) is 6.42 Å². The zero-order chi connectivity index (χ0) is 12.6. The van der Waals surface area contributed by atoms with Crippen LogP contribution in [0.3, 0.4) is 0 Å². The van der Waals surface area contributed by atoms with Crippen molar-refractivity contribution in [3.63, 3.8) is 0 Å². The molecular weight excluding hydrogens is 216 g/mol. The van der Waals surface area contributed by atoms with Gasteiger partial charge in [0.1, 0.15) is 6.04 Å². The van der Waals surface area contributed by atoms with E-state index in [1.165, 1.54) is 0 Å². The molecule has 1 aromatic rings. The fourth-order valence-electron chi connectivity index (χ4n) is 0.955. The van der Waals surface area contributed by atoms with Crippen molar-refractivity contribution in [1.82, 2.24) is 0 Å². The first-order chi connectivity index (χ1) is 7.43. The first-order valence-corrected chi connectivity index (χ1v) is 4.29. The van der Waals surface area contributed by atoms with E-state index in [9.17, 15) is 4.79 Å². The molecule has 0 unspecified atom stereocenters. The van der Waals surface area contributed by atoms with E-state index in [4.69, 9.17) is 26.2 Å². The second-order valence-corrected chi connectivity index (χ2v) is 2.87. The van der Waals surface area contributed by atoms with Crippen LogP contribution in [-0.2, 0) is 11.2 Å². The van der Waals surface area contributed by atoms with Crippen molar-refractivity contribution in [3.05, 3.63) is 46.0 Å². The summed E-state index contributed by atoms with van der Waals surface area (Å²) in [6.07, 6.45) is 0.385. The van der Waals surface area contributed by atoms with Crippen molar-refractivity contribution in [2.24, 2.45) is 5.73 Å². The molecule has 16 heavy (non-hydrogen) atoms. The summed E-state index contributed by atoms with van der Waals surface area (Å²) < 4.78 is 0. The normalized spacial score (nSPS) is 10.8. The van der Waals surface area contributed by atoms with E-state index in [1.807, 2.05) is 30.3 Å². The van der Waals surface area contributed by atoms with E-state index in [0.717, 1.165) is 5.56 Å². The average Bonchev–Trinajstić information content (AvgIpc) is 2.18. The minimum atomic E-state index is -1.50. The molecule has 88 valence electrons. The maximum Gasteiger partial charge on any atom is 0.320 e. The summed E-state index contributed by atoms with van der Waals surface area (Å²) in [6.45, 7) is 0. The quantitative estimate of drug-likeness (QED) is 0.504. The molecule has 1 rings (SSSR count). The van der Waals surface area contributed by atoms with Gasteiger partial charge in [0.2, 0.25) is 0 Å². The molecule has 0 aliphatic carbocycles. The third-order valence-corrected chi connectivity index (χ3v) is 1.62. The summed E-state index contributed by atoms with van der Waals surface area (Å²) in [6, 6.07) is 8.54. The lowest BCUT2D eigenvalue weighted by molar-refractivity contribution is -0.742. The molecule has 0 saturated carbocycles. The topological polar surface area (TPSA) is 127 Å². The Bertz CT molecular complexity index is 337. The van der Waals surface area contributed by atoms with Crippen molar-refractivity contribution >= 4 is 5.97 Å². The molecule has 4 N–H and O–H groups in total. The number of nitrogens with zero attached hydrogens (tertiary/aromatic N) is 1. The van der Waals surface area contributed by atoms with Crippen LogP contribution in [0.2, 0.25) is 0 Å². The third-order valence-electron chi connectivity index (χ3n) is 1.62. The van der Waals surface area contributed by atoms with Crippen LogP contribution in [0.1, 0.15) is 5.56 Å². The Morgan fingerprint density at radius 2 is 1.88 bits per heavy atom. The Morgan fingerprint density at radius 3 is 2.25 bits per heavy atom. The van der Waals surface area contributed by atoms with Crippen LogP contribution in [-0.4, -0.2) is 27.4 Å². The molecular formula is C9H12N2O5. The van der Waals surface area contributed by atoms with Crippen LogP contribution < -0.4 is 5.73 Å². The molecule has 0 aliphatic heterocycles. The van der Waals surface area contributed by atoms with E-state index in [2.05, 4.69) is 0 Å². The number of nitrogens with two attached hydrogens (primary N) is 1. The van der Waals surface area contributed by atoms with Gasteiger partial charge in [0.15, 0.2) is 0 Å². The lowest BCUT2D eigenvalue weighted by atomic mass is 10.1. The standard InChI is InChI=1S/C9H11NO2.HNO3/c10-8(9(11)12)6-7-4-2-1-3-5-7;2-1(3)4/h1-5,8H,6,10H2,(H,11,12);(H,2,3,4)/t8-;/m0./s1. The summed E-state index contributed by atoms with van der Waals surface area (Å²) in [5, 5.41) is 22.2. The largest absolute Gasteiger partial charge is 0.480 e. The maximum atomic E-state index is 10.4. The van der Waals surface area contributed by atoms with Crippen molar-refractivity contribution in [2.45, 2.75) is 12.5 Å². The molecule has 0 radical (unpaired) electrons. The fraction of sp³-hybridized carbons (Fsp3) is 0.222. The van der Waals surface area contributed by atoms with Gasteiger partial charge < -0.3 is 16.0 Å². The molecule has 0 amide bonds. The van der Waals surface area contributed by atoms with Crippen molar-refractivity contribution in [3.8, 4) is 0 Å². The Labute approximate surface area is 91.2 Å². The summed E-state index contributed by atoms with van der Waals surface area (Å²) in [5.74, 6) is -0.959. The van der Waals surface area contributed by atoms with E-state index >= 15 is 0 Å². The van der Waals surface area contributed by atoms with Crippen LogP contribution in [0, 0.1) is 10.1 Å². The maximum absolute atomic E-state index is 10.4. The highest BCUT2D eigenvalue weighted by molar-refractivity contribution is 5.73. The van der Waals surface area contributed by atoms with Gasteiger partial charge in [-0.25, -0.2) is 0 Å². The van der Waals surface area contributed by atoms with Crippen molar-refractivity contribution in [2.75, 3.05) is 0 Å². The van der Waals surface area contributed by atoms with Gasteiger partial charge in [-0.3, -0.25) is 4.79 Å². The molecule has 1 aromatic carbocycles. The van der Waals surface area contributed by atoms with Gasteiger partial charge in [-0.2, -0.15) is 0 Å². The van der Waals surface area contributed by atoms with E-state index in [1.54, 1.807) is 0 Å². The van der Waals surface area contributed by atoms with Gasteiger partial charge in [-0.05, 0) is 12.0 Å². The molecule has 0 heterocycles. The second kappa shape index (κ2) is 7.18. The van der Waals surface area contributed by atoms with Gasteiger partial charge in [0, 0.05) is 0 Å². The summed E-state index contributed by atoms with van der Waals surface area (Å²) >= 11 is 0. The predicted molar refractivity (Wildman–Crippen MR) is 54.5 cm³/mol. The molecule has 0 bridgehead atoms. The van der Waals surface area contributed by atoms with E-state index in [-0.39, 0.29) is 0 Å². The fourth-order valence-corrected chi connectivity index (χ4v) is 0.955. The SMILES string of the molecule is N[C@@H](Cc1ccccc1)C(=O)O.O=[N+]([O-])O. The second-order valence-electron chi connectivity index (χ2n) is 2.87. The summed E-state index contributed by atoms with van der Waals surface area (Å²) in [4.78, 5) is 18.7. The smallest absolute Gasteiger partial charge is 0.320 e. The molecule has 0 aliphatic rings. The number of hydrogen-bond donors (Lipinski definition) is 3. The van der Waals surface area contributed by atoms with Gasteiger partial charge in [-0.15, -0.1) is 10.1 Å². The van der Waals surface area contributed by atoms with E-state index < -0.39 is 17.1 Å². The molecule has 0 fully saturated rings. The van der Waals surface area contributed by atoms with Crippen LogP contribution in [0.5, 0.6) is 0 Å². The van der Waals surface area contributed by atoms with Crippen molar-refractivity contribution in [1.29, 1.82) is 0 Å². The Morgan fingerprint density at radius 1 is 1.44 bits per heavy atom. The number of benzene rings is 1. The van der Waals surface area contributed by atoms with Crippen LogP contribution in [0.25, 0.3) is 0 Å². The highest BCUT2D eigenvalue weighted by atomic mass is 16.9. The van der Waals surface area contributed by atoms with Gasteiger partial charge in [-0.1, -0.05) is 30.3 Å². The predicted octanol–water partition coefficient (Wildman–Crippen LogP) is 0.293. The number of carboxylic acid groups (broad SMARTS) is 1. The minimum Gasteiger partial charge on any atom is -0.480 e. The Balaban J connectivity index is 0.000000487. The molecule has 0 saturated heterocycles. The lowest BCUT2D eigenvalue weighted by Gasteiger charge is -2.04. The molecule has 7 nitrogen and oxygen atoms in total. The zero-order valence-corrected chi connectivity index (χ0v) is 8.31. The highest BCUT2D eigenvalue weighted by Gasteiger charge is 2.10. The Hall–Kier alpha value is -2.15. The van der Waals surface area contributed by atoms with Crippen LogP contribution in [0.4, 0.5) is 0 Å². The average molecular weight is 228 g/mol. The van der Waals surface area contributed by atoms with Gasteiger partial charge >= 0.3 is 5.97 Å². The monoisotopic (exact) mass is 228 g/mol. The molecule has 0 aromatic heterocycles. The van der Waals surface area contributed by atoms with Gasteiger partial charge in [0.05, 0.1) is 0 Å². The number of aliphatic carboxylic acids is 1. The molecule has 0 spiro atoms. The highest BCUT2D eigenvalue weighted by Crippen LogP contribution is 2.01. The zero-order valence-electron chi connectivity index (χ0n) is 8.31. The first kappa shape index (κ1) is 13.8. The van der Waals surface area contributed by atoms with Gasteiger partial charge in [0.25, 0.3) is 5.09 Å². The third kappa shape index (κ3) is 7.27. The number of carbonyl (C=O) groups is 1. The summed E-state index contributed by atoms with van der Waals surface area (Å²) in [5.41, 5.74) is 6.30. The lowest BCUT2D eigenvalue weighted by Crippen LogP contribution is -2.32. The van der Waals surface area contributed by atoms with Crippen LogP contribution >= 0.6 is 0 Å². The summed E-state index contributed by atoms with van der Waals surface area (Å²) in [7, 11) is 0.